The number of carbonyl (C=O) groups is 1. The quantitative estimate of drug-likeness (QED) is 0.510. The molecule has 28 heavy (non-hydrogen) atoms. The van der Waals surface area contributed by atoms with Gasteiger partial charge in [0, 0.05) is 24.9 Å². The Hall–Kier alpha value is -2.42. The number of thioether (sulfide) groups is 1. The third-order valence-electron chi connectivity index (χ3n) is 4.32. The molecule has 1 N–H and O–H groups in total. The Labute approximate surface area is 170 Å². The average molecular weight is 414 g/mol. The number of aromatic nitrogens is 1. The monoisotopic (exact) mass is 413 g/mol. The van der Waals surface area contributed by atoms with Crippen LogP contribution in [0.5, 0.6) is 5.75 Å². The Balaban J connectivity index is 1.43. The molecule has 4 rings (SSSR count). The number of aliphatic imine (C=N–C) groups is 1. The molecule has 1 saturated heterocycles. The van der Waals surface area contributed by atoms with Crippen LogP contribution in [0.15, 0.2) is 51.8 Å². The molecule has 1 aliphatic heterocycles. The number of hydrogen-bond acceptors (Lipinski definition) is 7. The van der Waals surface area contributed by atoms with Crippen LogP contribution in [0.2, 0.25) is 0 Å². The molecule has 0 unspecified atom stereocenters. The molecule has 1 aromatic heterocycles. The molecule has 6 nitrogen and oxygen atoms in total. The minimum atomic E-state index is 0.125. The summed E-state index contributed by atoms with van der Waals surface area (Å²) in [5.74, 6) is 0.715. The lowest BCUT2D eigenvalue weighted by Crippen LogP contribution is -2.41. The molecular weight excluding hydrogens is 394 g/mol. The minimum absolute atomic E-state index is 0.125. The van der Waals surface area contributed by atoms with Crippen molar-refractivity contribution in [2.75, 3.05) is 32.1 Å². The van der Waals surface area contributed by atoms with Crippen LogP contribution in [0.25, 0.3) is 10.2 Å². The van der Waals surface area contributed by atoms with Crippen molar-refractivity contribution in [2.24, 2.45) is 4.99 Å². The third-order valence-corrected chi connectivity index (χ3v) is 6.47. The molecular formula is C20H19N3O3S2. The summed E-state index contributed by atoms with van der Waals surface area (Å²) in [5.41, 5.74) is 2.36. The van der Waals surface area contributed by atoms with Gasteiger partial charge in [-0.3, -0.25) is 9.79 Å². The van der Waals surface area contributed by atoms with Crippen LogP contribution in [0.1, 0.15) is 5.56 Å². The number of rotatable bonds is 5. The van der Waals surface area contributed by atoms with E-state index in [4.69, 9.17) is 4.74 Å². The first kappa shape index (κ1) is 18.9. The Morgan fingerprint density at radius 2 is 2.11 bits per heavy atom. The molecule has 0 atom stereocenters. The lowest BCUT2D eigenvalue weighted by molar-refractivity contribution is -0.132. The zero-order valence-electron chi connectivity index (χ0n) is 15.1. The Bertz CT molecular complexity index is 1010. The fraction of sp³-hybridized carbons (Fsp3) is 0.250. The van der Waals surface area contributed by atoms with E-state index in [-0.39, 0.29) is 11.7 Å². The van der Waals surface area contributed by atoms with Crippen molar-refractivity contribution < 1.29 is 14.6 Å². The maximum atomic E-state index is 12.3. The largest absolute Gasteiger partial charge is 0.507 e. The maximum Gasteiger partial charge on any atom is 0.233 e. The number of amides is 1. The summed E-state index contributed by atoms with van der Waals surface area (Å²) in [5, 5.41) is 9.82. The third kappa shape index (κ3) is 4.52. The first-order chi connectivity index (χ1) is 13.7. The van der Waals surface area contributed by atoms with Crippen LogP contribution < -0.4 is 0 Å². The maximum absolute atomic E-state index is 12.3. The molecule has 1 aliphatic rings. The fourth-order valence-electron chi connectivity index (χ4n) is 2.80. The lowest BCUT2D eigenvalue weighted by Gasteiger charge is -2.26. The normalized spacial score (nSPS) is 14.8. The average Bonchev–Trinajstić information content (AvgIpc) is 3.14. The lowest BCUT2D eigenvalue weighted by atomic mass is 10.2. The van der Waals surface area contributed by atoms with Gasteiger partial charge in [-0.2, -0.15) is 0 Å². The van der Waals surface area contributed by atoms with Crippen LogP contribution >= 0.6 is 23.1 Å². The number of para-hydroxylation sites is 1. The zero-order valence-corrected chi connectivity index (χ0v) is 16.7. The van der Waals surface area contributed by atoms with Gasteiger partial charge in [0.1, 0.15) is 5.75 Å². The number of ether oxygens (including phenoxy) is 1. The predicted octanol–water partition coefficient (Wildman–Crippen LogP) is 3.70. The summed E-state index contributed by atoms with van der Waals surface area (Å²) in [6, 6.07) is 12.9. The van der Waals surface area contributed by atoms with Gasteiger partial charge in [0.2, 0.25) is 5.91 Å². The number of hydrogen-bond donors (Lipinski definition) is 1. The number of phenols is 1. The van der Waals surface area contributed by atoms with Crippen molar-refractivity contribution in [1.29, 1.82) is 0 Å². The van der Waals surface area contributed by atoms with Gasteiger partial charge in [-0.15, -0.1) is 11.3 Å². The second-order valence-corrected chi connectivity index (χ2v) is 8.48. The van der Waals surface area contributed by atoms with E-state index in [1.54, 1.807) is 29.7 Å². The number of fused-ring (bicyclic) bond motifs is 1. The molecule has 8 heteroatoms. The van der Waals surface area contributed by atoms with E-state index >= 15 is 0 Å². The van der Waals surface area contributed by atoms with E-state index < -0.39 is 0 Å². The summed E-state index contributed by atoms with van der Waals surface area (Å²) in [6.07, 6.45) is 1.65. The molecule has 0 aliphatic carbocycles. The molecule has 1 amide bonds. The van der Waals surface area contributed by atoms with E-state index in [1.165, 1.54) is 11.8 Å². The highest BCUT2D eigenvalue weighted by atomic mass is 32.2. The first-order valence-electron chi connectivity index (χ1n) is 8.90. The number of nitrogens with zero attached hydrogens (tertiary/aromatic N) is 3. The van der Waals surface area contributed by atoms with Crippen LogP contribution in [0, 0.1) is 0 Å². The van der Waals surface area contributed by atoms with E-state index in [0.29, 0.717) is 37.6 Å². The van der Waals surface area contributed by atoms with Gasteiger partial charge in [0.25, 0.3) is 0 Å². The number of carbonyl (C=O) groups excluding carboxylic acids is 1. The summed E-state index contributed by atoms with van der Waals surface area (Å²) in [4.78, 5) is 23.2. The van der Waals surface area contributed by atoms with Crippen molar-refractivity contribution in [2.45, 2.75) is 4.34 Å². The molecule has 0 bridgehead atoms. The van der Waals surface area contributed by atoms with Crippen molar-refractivity contribution >= 4 is 51.1 Å². The summed E-state index contributed by atoms with van der Waals surface area (Å²) in [7, 11) is 0. The van der Waals surface area contributed by atoms with Gasteiger partial charge in [0.05, 0.1) is 34.9 Å². The number of benzene rings is 2. The molecule has 3 aromatic rings. The van der Waals surface area contributed by atoms with Gasteiger partial charge in [-0.25, -0.2) is 4.98 Å². The SMILES string of the molecule is O=C(CSc1nc2ccc(N=Cc3ccccc3O)cc2s1)N1CCOCC1. The van der Waals surface area contributed by atoms with E-state index in [9.17, 15) is 9.90 Å². The van der Waals surface area contributed by atoms with Gasteiger partial charge in [-0.05, 0) is 30.3 Å². The molecule has 2 heterocycles. The van der Waals surface area contributed by atoms with Crippen molar-refractivity contribution in [3.05, 3.63) is 48.0 Å². The number of phenolic OH excluding ortho intramolecular Hbond substituents is 1. The minimum Gasteiger partial charge on any atom is -0.507 e. The number of aromatic hydroxyl groups is 1. The van der Waals surface area contributed by atoms with Crippen molar-refractivity contribution in [3.8, 4) is 5.75 Å². The second-order valence-electron chi connectivity index (χ2n) is 6.23. The topological polar surface area (TPSA) is 75.0 Å². The Morgan fingerprint density at radius 3 is 2.93 bits per heavy atom. The number of morpholine rings is 1. The van der Waals surface area contributed by atoms with E-state index in [1.807, 2.05) is 35.2 Å². The Kier molecular flexibility index (Phi) is 5.90. The van der Waals surface area contributed by atoms with Crippen LogP contribution in [0.4, 0.5) is 5.69 Å². The molecule has 144 valence electrons. The molecule has 1 fully saturated rings. The van der Waals surface area contributed by atoms with Gasteiger partial charge < -0.3 is 14.7 Å². The molecule has 2 aromatic carbocycles. The van der Waals surface area contributed by atoms with Gasteiger partial charge in [0.15, 0.2) is 4.34 Å². The van der Waals surface area contributed by atoms with Gasteiger partial charge in [-0.1, -0.05) is 23.9 Å². The van der Waals surface area contributed by atoms with Crippen LogP contribution in [-0.4, -0.2) is 59.2 Å². The second kappa shape index (κ2) is 8.72. The van der Waals surface area contributed by atoms with Crippen molar-refractivity contribution in [1.82, 2.24) is 9.88 Å². The zero-order chi connectivity index (χ0) is 19.3. The highest BCUT2D eigenvalue weighted by molar-refractivity contribution is 8.01. The van der Waals surface area contributed by atoms with E-state index in [2.05, 4.69) is 9.98 Å². The van der Waals surface area contributed by atoms with Crippen molar-refractivity contribution in [3.63, 3.8) is 0 Å². The van der Waals surface area contributed by atoms with Crippen LogP contribution in [-0.2, 0) is 9.53 Å². The van der Waals surface area contributed by atoms with Crippen LogP contribution in [0.3, 0.4) is 0 Å². The predicted molar refractivity (Wildman–Crippen MR) is 113 cm³/mol. The fourth-order valence-corrected chi connectivity index (χ4v) is 4.81. The highest BCUT2D eigenvalue weighted by Gasteiger charge is 2.17. The molecule has 0 saturated carbocycles. The number of thiazole rings is 1. The molecule has 0 spiro atoms. The molecule has 0 radical (unpaired) electrons. The summed E-state index contributed by atoms with van der Waals surface area (Å²) >= 11 is 3.03. The summed E-state index contributed by atoms with van der Waals surface area (Å²) in [6.45, 7) is 2.55. The first-order valence-corrected chi connectivity index (χ1v) is 10.7. The van der Waals surface area contributed by atoms with Gasteiger partial charge >= 0.3 is 0 Å². The smallest absolute Gasteiger partial charge is 0.233 e. The highest BCUT2D eigenvalue weighted by Crippen LogP contribution is 2.32. The standard InChI is InChI=1S/C20H19N3O3S2/c24-17-4-2-1-3-14(17)12-21-15-5-6-16-18(11-15)28-20(22-16)27-13-19(25)23-7-9-26-10-8-23/h1-6,11-12,24H,7-10,13H2. The summed E-state index contributed by atoms with van der Waals surface area (Å²) < 4.78 is 7.18. The van der Waals surface area contributed by atoms with E-state index in [0.717, 1.165) is 20.2 Å². The Morgan fingerprint density at radius 1 is 1.29 bits per heavy atom.